The first-order valence-electron chi connectivity index (χ1n) is 7.43. The van der Waals surface area contributed by atoms with E-state index in [1.54, 1.807) is 11.8 Å². The number of amides is 1. The third-order valence-corrected chi connectivity index (χ3v) is 4.39. The molecule has 1 heterocycles. The van der Waals surface area contributed by atoms with Crippen LogP contribution < -0.4 is 4.90 Å². The molecule has 2 aromatic rings. The molecule has 0 spiro atoms. The molecule has 0 saturated heterocycles. The average molecular weight is 349 g/mol. The van der Waals surface area contributed by atoms with Gasteiger partial charge < -0.3 is 4.90 Å². The number of aryl methyl sites for hydroxylation is 2. The van der Waals surface area contributed by atoms with E-state index in [4.69, 9.17) is 11.6 Å². The summed E-state index contributed by atoms with van der Waals surface area (Å²) in [5.74, 6) is -0.667. The second-order valence-corrected chi connectivity index (χ2v) is 6.12. The molecule has 24 heavy (non-hydrogen) atoms. The molecule has 0 aromatic heterocycles. The summed E-state index contributed by atoms with van der Waals surface area (Å²) >= 11 is 6.07. The van der Waals surface area contributed by atoms with Crippen molar-refractivity contribution in [2.45, 2.75) is 19.8 Å². The molecule has 1 aliphatic rings. The fourth-order valence-corrected chi connectivity index (χ4v) is 3.32. The number of nitro benzene ring substituents is 1. The molecule has 0 aliphatic carbocycles. The Labute approximate surface area is 142 Å². The normalized spacial score (nSPS) is 13.5. The van der Waals surface area contributed by atoms with E-state index in [2.05, 4.69) is 0 Å². The van der Waals surface area contributed by atoms with Crippen molar-refractivity contribution in [1.29, 1.82) is 0 Å². The first kappa shape index (κ1) is 16.4. The number of nitrogens with zero attached hydrogens (tertiary/aromatic N) is 2. The molecule has 0 radical (unpaired) electrons. The first-order chi connectivity index (χ1) is 11.4. The third-order valence-electron chi connectivity index (χ3n) is 4.08. The largest absolute Gasteiger partial charge is 0.308 e. The molecule has 0 fully saturated rings. The maximum absolute atomic E-state index is 13.6. The van der Waals surface area contributed by atoms with Crippen molar-refractivity contribution in [3.63, 3.8) is 0 Å². The molecule has 5 nitrogen and oxygen atoms in total. The zero-order chi connectivity index (χ0) is 17.4. The Morgan fingerprint density at radius 2 is 2.08 bits per heavy atom. The Kier molecular flexibility index (Phi) is 4.24. The van der Waals surface area contributed by atoms with E-state index in [9.17, 15) is 19.3 Å². The van der Waals surface area contributed by atoms with Gasteiger partial charge in [0.15, 0.2) is 0 Å². The van der Waals surface area contributed by atoms with Gasteiger partial charge >= 0.3 is 0 Å². The van der Waals surface area contributed by atoms with Gasteiger partial charge in [0.2, 0.25) is 0 Å². The van der Waals surface area contributed by atoms with Gasteiger partial charge in [-0.05, 0) is 49.1 Å². The van der Waals surface area contributed by atoms with Crippen LogP contribution >= 0.6 is 11.6 Å². The Morgan fingerprint density at radius 1 is 1.33 bits per heavy atom. The summed E-state index contributed by atoms with van der Waals surface area (Å²) in [7, 11) is 0. The number of anilines is 1. The Hall–Kier alpha value is -2.47. The van der Waals surface area contributed by atoms with Gasteiger partial charge in [0.1, 0.15) is 5.82 Å². The highest BCUT2D eigenvalue weighted by Crippen LogP contribution is 2.34. The van der Waals surface area contributed by atoms with E-state index < -0.39 is 4.92 Å². The number of carbonyl (C=O) groups is 1. The number of hydrogen-bond donors (Lipinski definition) is 0. The van der Waals surface area contributed by atoms with Gasteiger partial charge in [-0.25, -0.2) is 4.39 Å². The van der Waals surface area contributed by atoms with Crippen LogP contribution in [0.2, 0.25) is 5.02 Å². The van der Waals surface area contributed by atoms with Crippen molar-refractivity contribution in [3.8, 4) is 0 Å². The summed E-state index contributed by atoms with van der Waals surface area (Å²) in [6.45, 7) is 2.25. The van der Waals surface area contributed by atoms with Gasteiger partial charge in [-0.15, -0.1) is 0 Å². The quantitative estimate of drug-likeness (QED) is 0.600. The fourth-order valence-electron chi connectivity index (χ4n) is 3.06. The second-order valence-electron chi connectivity index (χ2n) is 5.71. The molecule has 0 saturated carbocycles. The molecule has 3 rings (SSSR count). The molecule has 1 amide bonds. The molecule has 1 aliphatic heterocycles. The van der Waals surface area contributed by atoms with Gasteiger partial charge in [-0.3, -0.25) is 14.9 Å². The van der Waals surface area contributed by atoms with Crippen LogP contribution in [-0.2, 0) is 6.42 Å². The summed E-state index contributed by atoms with van der Waals surface area (Å²) in [6, 6.07) is 6.61. The van der Waals surface area contributed by atoms with Crippen LogP contribution in [0, 0.1) is 22.9 Å². The van der Waals surface area contributed by atoms with E-state index in [0.717, 1.165) is 11.6 Å². The number of carbonyl (C=O) groups excluding carboxylic acids is 1. The summed E-state index contributed by atoms with van der Waals surface area (Å²) in [5.41, 5.74) is 2.18. The van der Waals surface area contributed by atoms with E-state index >= 15 is 0 Å². The zero-order valence-corrected chi connectivity index (χ0v) is 13.6. The van der Waals surface area contributed by atoms with Crippen LogP contribution in [0.15, 0.2) is 30.3 Å². The lowest BCUT2D eigenvalue weighted by atomic mass is 9.97. The van der Waals surface area contributed by atoms with Gasteiger partial charge in [0.25, 0.3) is 11.6 Å². The van der Waals surface area contributed by atoms with Gasteiger partial charge in [0.05, 0.1) is 21.2 Å². The lowest BCUT2D eigenvalue weighted by molar-refractivity contribution is -0.384. The molecule has 0 N–H and O–H groups in total. The standard InChI is InChI=1S/C17H14ClFN2O3/c1-10-7-12(19)8-11-3-2-6-20(16(10)11)17(22)14-5-4-13(21(23)24)9-15(14)18/h4-5,7-9H,2-3,6H2,1H3. The summed E-state index contributed by atoms with van der Waals surface area (Å²) in [5, 5.41) is 10.8. The third kappa shape index (κ3) is 2.85. The molecular weight excluding hydrogens is 335 g/mol. The minimum absolute atomic E-state index is 0.0288. The monoisotopic (exact) mass is 348 g/mol. The smallest absolute Gasteiger partial charge is 0.270 e. The van der Waals surface area contributed by atoms with E-state index in [0.29, 0.717) is 30.6 Å². The van der Waals surface area contributed by atoms with E-state index in [1.165, 1.54) is 24.3 Å². The zero-order valence-electron chi connectivity index (χ0n) is 12.9. The highest BCUT2D eigenvalue weighted by molar-refractivity contribution is 6.34. The van der Waals surface area contributed by atoms with Crippen molar-refractivity contribution < 1.29 is 14.1 Å². The molecule has 124 valence electrons. The summed E-state index contributed by atoms with van der Waals surface area (Å²) in [4.78, 5) is 24.7. The molecule has 7 heteroatoms. The van der Waals surface area contributed by atoms with Gasteiger partial charge in [-0.2, -0.15) is 0 Å². The number of nitro groups is 1. The van der Waals surface area contributed by atoms with Crippen LogP contribution in [0.25, 0.3) is 0 Å². The number of non-ortho nitro benzene ring substituents is 1. The Bertz CT molecular complexity index is 854. The van der Waals surface area contributed by atoms with Crippen LogP contribution in [0.1, 0.15) is 27.9 Å². The van der Waals surface area contributed by atoms with E-state index in [-0.39, 0.29) is 28.0 Å². The molecule has 0 atom stereocenters. The maximum atomic E-state index is 13.6. The lowest BCUT2D eigenvalue weighted by Gasteiger charge is -2.31. The Morgan fingerprint density at radius 3 is 2.75 bits per heavy atom. The predicted octanol–water partition coefficient (Wildman–Crippen LogP) is 4.29. The predicted molar refractivity (Wildman–Crippen MR) is 89.2 cm³/mol. The summed E-state index contributed by atoms with van der Waals surface area (Å²) in [6.07, 6.45) is 1.41. The number of hydrogen-bond acceptors (Lipinski definition) is 3. The summed E-state index contributed by atoms with van der Waals surface area (Å²) < 4.78 is 13.6. The number of benzene rings is 2. The second kappa shape index (κ2) is 6.20. The first-order valence-corrected chi connectivity index (χ1v) is 7.81. The van der Waals surface area contributed by atoms with Gasteiger partial charge in [-0.1, -0.05) is 11.6 Å². The van der Waals surface area contributed by atoms with Crippen molar-refractivity contribution in [2.75, 3.05) is 11.4 Å². The number of halogens is 2. The molecule has 0 bridgehead atoms. The van der Waals surface area contributed by atoms with Crippen LogP contribution in [0.3, 0.4) is 0 Å². The van der Waals surface area contributed by atoms with Gasteiger partial charge in [0, 0.05) is 18.7 Å². The Balaban J connectivity index is 2.03. The average Bonchev–Trinajstić information content (AvgIpc) is 2.53. The van der Waals surface area contributed by atoms with Crippen molar-refractivity contribution >= 4 is 28.9 Å². The van der Waals surface area contributed by atoms with Crippen molar-refractivity contribution in [3.05, 3.63) is 68.0 Å². The highest BCUT2D eigenvalue weighted by atomic mass is 35.5. The van der Waals surface area contributed by atoms with Crippen LogP contribution in [0.4, 0.5) is 15.8 Å². The SMILES string of the molecule is Cc1cc(F)cc2c1N(C(=O)c1ccc([N+](=O)[O-])cc1Cl)CCC2. The van der Waals surface area contributed by atoms with E-state index in [1.807, 2.05) is 0 Å². The molecule has 0 unspecified atom stereocenters. The highest BCUT2D eigenvalue weighted by Gasteiger charge is 2.27. The van der Waals surface area contributed by atoms with Crippen molar-refractivity contribution in [2.24, 2.45) is 0 Å². The number of rotatable bonds is 2. The van der Waals surface area contributed by atoms with Crippen molar-refractivity contribution in [1.82, 2.24) is 0 Å². The molecule has 2 aromatic carbocycles. The number of fused-ring (bicyclic) bond motifs is 1. The fraction of sp³-hybridized carbons (Fsp3) is 0.235. The van der Waals surface area contributed by atoms with Crippen LogP contribution in [0.5, 0.6) is 0 Å². The molecular formula is C17H14ClFN2O3. The minimum atomic E-state index is -0.566. The maximum Gasteiger partial charge on any atom is 0.270 e. The van der Waals surface area contributed by atoms with Crippen LogP contribution in [-0.4, -0.2) is 17.4 Å². The lowest BCUT2D eigenvalue weighted by Crippen LogP contribution is -2.36. The topological polar surface area (TPSA) is 63.5 Å². The minimum Gasteiger partial charge on any atom is -0.308 e.